The Labute approximate surface area is 228 Å². The number of amides is 4. The molecule has 1 fully saturated rings. The molecule has 0 radical (unpaired) electrons. The number of urea groups is 1. The number of methoxy groups -OCH3 is 1. The average Bonchev–Trinajstić information content (AvgIpc) is 2.90. The first-order valence-corrected chi connectivity index (χ1v) is 11.9. The fourth-order valence-corrected chi connectivity index (χ4v) is 4.19. The lowest BCUT2D eigenvalue weighted by molar-refractivity contribution is -0.384. The number of halogens is 1. The lowest BCUT2D eigenvalue weighted by atomic mass is 10.0. The lowest BCUT2D eigenvalue weighted by Gasteiger charge is -2.26. The second-order valence-electron chi connectivity index (χ2n) is 8.36. The Bertz CT molecular complexity index is 1530. The molecule has 1 N–H and O–H groups in total. The summed E-state index contributed by atoms with van der Waals surface area (Å²) in [6.45, 7) is 3.99. The SMILES string of the molecule is C=CCc1cc(/C=C2\C(=O)NC(=O)N(c3cccc([N+](=O)[O-])c3)C2=O)cc(OC)c1OCc1cccc(Cl)c1. The molecule has 0 spiro atoms. The Kier molecular flexibility index (Phi) is 8.07. The van der Waals surface area contributed by atoms with Crippen molar-refractivity contribution >= 4 is 46.9 Å². The fourth-order valence-electron chi connectivity index (χ4n) is 3.98. The molecule has 39 heavy (non-hydrogen) atoms. The predicted octanol–water partition coefficient (Wildman–Crippen LogP) is 5.23. The molecular formula is C28H22ClN3O7. The minimum Gasteiger partial charge on any atom is -0.493 e. The van der Waals surface area contributed by atoms with E-state index in [1.54, 1.807) is 30.3 Å². The van der Waals surface area contributed by atoms with Crippen LogP contribution in [0.5, 0.6) is 11.5 Å². The van der Waals surface area contributed by atoms with Gasteiger partial charge >= 0.3 is 6.03 Å². The van der Waals surface area contributed by atoms with E-state index in [-0.39, 0.29) is 23.6 Å². The predicted molar refractivity (Wildman–Crippen MR) is 145 cm³/mol. The maximum Gasteiger partial charge on any atom is 0.335 e. The van der Waals surface area contributed by atoms with Gasteiger partial charge in [-0.3, -0.25) is 25.0 Å². The number of imide groups is 2. The minimum absolute atomic E-state index is 0.0557. The fraction of sp³-hybridized carbons (Fsp3) is 0.107. The van der Waals surface area contributed by atoms with Crippen LogP contribution in [0.1, 0.15) is 16.7 Å². The van der Waals surface area contributed by atoms with Crippen LogP contribution >= 0.6 is 11.6 Å². The van der Waals surface area contributed by atoms with Crippen molar-refractivity contribution in [3.8, 4) is 11.5 Å². The number of allylic oxidation sites excluding steroid dienone is 1. The summed E-state index contributed by atoms with van der Waals surface area (Å²) >= 11 is 6.07. The van der Waals surface area contributed by atoms with Gasteiger partial charge < -0.3 is 9.47 Å². The Morgan fingerprint density at radius 1 is 1.10 bits per heavy atom. The van der Waals surface area contributed by atoms with E-state index < -0.39 is 22.8 Å². The highest BCUT2D eigenvalue weighted by Crippen LogP contribution is 2.35. The molecule has 10 nitrogen and oxygen atoms in total. The van der Waals surface area contributed by atoms with Crippen molar-refractivity contribution in [2.75, 3.05) is 12.0 Å². The minimum atomic E-state index is -1.02. The van der Waals surface area contributed by atoms with Crippen molar-refractivity contribution < 1.29 is 28.8 Å². The van der Waals surface area contributed by atoms with Gasteiger partial charge in [-0.25, -0.2) is 9.69 Å². The maximum absolute atomic E-state index is 13.3. The number of rotatable bonds is 9. The Morgan fingerprint density at radius 3 is 2.56 bits per heavy atom. The quantitative estimate of drug-likeness (QED) is 0.128. The van der Waals surface area contributed by atoms with Crippen LogP contribution in [0.3, 0.4) is 0 Å². The van der Waals surface area contributed by atoms with Gasteiger partial charge in [0.1, 0.15) is 12.2 Å². The van der Waals surface area contributed by atoms with Crippen LogP contribution in [-0.2, 0) is 22.6 Å². The van der Waals surface area contributed by atoms with Gasteiger partial charge in [0.05, 0.1) is 17.7 Å². The van der Waals surface area contributed by atoms with Gasteiger partial charge in [-0.2, -0.15) is 0 Å². The number of non-ortho nitro benzene ring substituents is 1. The molecule has 1 aliphatic rings. The number of barbiturate groups is 1. The van der Waals surface area contributed by atoms with E-state index in [0.29, 0.717) is 39.0 Å². The molecule has 4 amide bonds. The highest BCUT2D eigenvalue weighted by Gasteiger charge is 2.37. The van der Waals surface area contributed by atoms with E-state index >= 15 is 0 Å². The van der Waals surface area contributed by atoms with E-state index in [1.165, 1.54) is 31.4 Å². The van der Waals surface area contributed by atoms with Crippen LogP contribution < -0.4 is 19.7 Å². The van der Waals surface area contributed by atoms with Gasteiger partial charge in [0.2, 0.25) is 0 Å². The number of anilines is 1. The summed E-state index contributed by atoms with van der Waals surface area (Å²) in [6.07, 6.45) is 3.36. The van der Waals surface area contributed by atoms with Crippen molar-refractivity contribution in [2.24, 2.45) is 0 Å². The number of carbonyl (C=O) groups excluding carboxylic acids is 3. The highest BCUT2D eigenvalue weighted by atomic mass is 35.5. The normalized spacial score (nSPS) is 14.3. The Balaban J connectivity index is 1.71. The lowest BCUT2D eigenvalue weighted by Crippen LogP contribution is -2.54. The summed E-state index contributed by atoms with van der Waals surface area (Å²) in [6, 6.07) is 14.5. The number of carbonyl (C=O) groups is 3. The third-order valence-electron chi connectivity index (χ3n) is 5.72. The van der Waals surface area contributed by atoms with Gasteiger partial charge in [0.15, 0.2) is 11.5 Å². The van der Waals surface area contributed by atoms with Crippen molar-refractivity contribution in [1.82, 2.24) is 5.32 Å². The summed E-state index contributed by atoms with van der Waals surface area (Å²) in [7, 11) is 1.46. The molecule has 1 aliphatic heterocycles. The molecule has 11 heteroatoms. The molecular weight excluding hydrogens is 526 g/mol. The molecule has 0 bridgehead atoms. The molecule has 0 unspecified atom stereocenters. The second-order valence-corrected chi connectivity index (χ2v) is 8.79. The number of nitrogens with zero attached hydrogens (tertiary/aromatic N) is 2. The summed E-state index contributed by atoms with van der Waals surface area (Å²) < 4.78 is 11.6. The van der Waals surface area contributed by atoms with Gasteiger partial charge in [0, 0.05) is 22.7 Å². The third kappa shape index (κ3) is 5.97. The smallest absolute Gasteiger partial charge is 0.335 e. The number of benzene rings is 3. The zero-order chi connectivity index (χ0) is 28.1. The molecule has 3 aromatic carbocycles. The Morgan fingerprint density at radius 2 is 1.87 bits per heavy atom. The summed E-state index contributed by atoms with van der Waals surface area (Å²) in [5.41, 5.74) is 1.22. The number of hydrogen-bond donors (Lipinski definition) is 1. The molecule has 3 aromatic rings. The van der Waals surface area contributed by atoms with Crippen LogP contribution in [0.25, 0.3) is 6.08 Å². The maximum atomic E-state index is 13.3. The molecule has 4 rings (SSSR count). The topological polar surface area (TPSA) is 128 Å². The molecule has 1 saturated heterocycles. The van der Waals surface area contributed by atoms with Crippen molar-refractivity contribution in [1.29, 1.82) is 0 Å². The number of ether oxygens (including phenoxy) is 2. The first-order valence-electron chi connectivity index (χ1n) is 11.6. The number of nitrogens with one attached hydrogen (secondary N) is 1. The van der Waals surface area contributed by atoms with Crippen LogP contribution in [0.15, 0.2) is 78.9 Å². The average molecular weight is 548 g/mol. The summed E-state index contributed by atoms with van der Waals surface area (Å²) in [5, 5.41) is 13.9. The van der Waals surface area contributed by atoms with Gasteiger partial charge in [-0.1, -0.05) is 35.9 Å². The van der Waals surface area contributed by atoms with Gasteiger partial charge in [-0.15, -0.1) is 6.58 Å². The van der Waals surface area contributed by atoms with Crippen LogP contribution in [0.4, 0.5) is 16.2 Å². The zero-order valence-electron chi connectivity index (χ0n) is 20.7. The molecule has 0 aliphatic carbocycles. The van der Waals surface area contributed by atoms with Gasteiger partial charge in [-0.05, 0) is 54.0 Å². The highest BCUT2D eigenvalue weighted by molar-refractivity contribution is 6.39. The summed E-state index contributed by atoms with van der Waals surface area (Å²) in [4.78, 5) is 49.6. The molecule has 0 saturated carbocycles. The molecule has 1 heterocycles. The van der Waals surface area contributed by atoms with Crippen molar-refractivity contribution in [3.63, 3.8) is 0 Å². The largest absolute Gasteiger partial charge is 0.493 e. The zero-order valence-corrected chi connectivity index (χ0v) is 21.4. The molecule has 198 valence electrons. The Hall–Kier alpha value is -4.96. The van der Waals surface area contributed by atoms with E-state index in [0.717, 1.165) is 11.6 Å². The van der Waals surface area contributed by atoms with Crippen LogP contribution in [0.2, 0.25) is 5.02 Å². The molecule has 0 aromatic heterocycles. The second kappa shape index (κ2) is 11.6. The van der Waals surface area contributed by atoms with Gasteiger partial charge in [0.25, 0.3) is 17.5 Å². The van der Waals surface area contributed by atoms with E-state index in [2.05, 4.69) is 11.9 Å². The van der Waals surface area contributed by atoms with E-state index in [1.807, 2.05) is 12.1 Å². The third-order valence-corrected chi connectivity index (χ3v) is 5.96. The van der Waals surface area contributed by atoms with E-state index in [4.69, 9.17) is 21.1 Å². The first-order chi connectivity index (χ1) is 18.7. The van der Waals surface area contributed by atoms with Crippen molar-refractivity contribution in [3.05, 3.63) is 111 Å². The van der Waals surface area contributed by atoms with Crippen LogP contribution in [0, 0.1) is 10.1 Å². The van der Waals surface area contributed by atoms with E-state index in [9.17, 15) is 24.5 Å². The monoisotopic (exact) mass is 547 g/mol. The molecule has 0 atom stereocenters. The number of hydrogen-bond acceptors (Lipinski definition) is 7. The standard InChI is InChI=1S/C28H22ClN3O7/c1-3-6-19-11-18(14-24(38-2)25(19)39-16-17-7-4-8-20(29)12-17)13-23-26(33)30-28(35)31(27(23)34)21-9-5-10-22(15-21)32(36)37/h3-5,7-15H,1,6,16H2,2H3,(H,30,33,35)/b23-13+. The summed E-state index contributed by atoms with van der Waals surface area (Å²) in [5.74, 6) is -1.04. The first kappa shape index (κ1) is 27.1. The number of nitro benzene ring substituents is 1. The van der Waals surface area contributed by atoms with Crippen molar-refractivity contribution in [2.45, 2.75) is 13.0 Å². The number of nitro groups is 1. The van der Waals surface area contributed by atoms with Crippen LogP contribution in [-0.4, -0.2) is 29.9 Å².